The quantitative estimate of drug-likeness (QED) is 0.0340. The first kappa shape index (κ1) is 46.8. The van der Waals surface area contributed by atoms with Gasteiger partial charge < -0.3 is 53.9 Å². The lowest BCUT2D eigenvalue weighted by Crippen LogP contribution is -2.59. The van der Waals surface area contributed by atoms with Crippen molar-refractivity contribution >= 4 is 64.1 Å². The molecule has 0 aliphatic rings. The van der Waals surface area contributed by atoms with E-state index in [-0.39, 0.29) is 50.5 Å². The van der Waals surface area contributed by atoms with Crippen LogP contribution >= 0.6 is 11.8 Å². The van der Waals surface area contributed by atoms with Gasteiger partial charge in [0.2, 0.25) is 29.5 Å². The third kappa shape index (κ3) is 15.4. The predicted molar refractivity (Wildman–Crippen MR) is 225 cm³/mol. The number of carbonyl (C=O) groups is 6. The Labute approximate surface area is 342 Å². The van der Waals surface area contributed by atoms with Crippen molar-refractivity contribution in [3.05, 3.63) is 71.9 Å². The van der Waals surface area contributed by atoms with Gasteiger partial charge in [0.1, 0.15) is 30.2 Å². The van der Waals surface area contributed by atoms with Crippen molar-refractivity contribution in [1.82, 2.24) is 31.6 Å². The molecule has 0 saturated heterocycles. The third-order valence-corrected chi connectivity index (χ3v) is 9.90. The molecule has 0 bridgehead atoms. The van der Waals surface area contributed by atoms with Crippen LogP contribution in [0.1, 0.15) is 57.6 Å². The zero-order valence-electron chi connectivity index (χ0n) is 33.5. The SMILES string of the molecule is CSCC[C@H](NC(=O)[C@H](Cc1c[nH]c2ccccc12)NC(=O)[C@@H](N)CC(C)C)C(=O)N[C@@H](CCCN=C(N)N)C(=O)N[C@@H](Cc1ccccc1)C(=O)N[C@@H](C)C(=O)O. The van der Waals surface area contributed by atoms with Gasteiger partial charge in [0.25, 0.3) is 0 Å². The monoisotopic (exact) mass is 822 g/mol. The molecular formula is C40H58N10O7S. The number of guanidine groups is 1. The van der Waals surface area contributed by atoms with Crippen LogP contribution in [-0.2, 0) is 41.6 Å². The van der Waals surface area contributed by atoms with E-state index in [9.17, 15) is 33.9 Å². The second-order valence-corrected chi connectivity index (χ2v) is 15.5. The fourth-order valence-corrected chi connectivity index (χ4v) is 6.62. The molecule has 18 heteroatoms. The van der Waals surface area contributed by atoms with Crippen molar-refractivity contribution in [2.75, 3.05) is 18.6 Å². The molecule has 1 aromatic heterocycles. The topological polar surface area (TPSA) is 289 Å². The summed E-state index contributed by atoms with van der Waals surface area (Å²) in [5, 5.41) is 23.7. The molecule has 0 saturated carbocycles. The number of carbonyl (C=O) groups excluding carboxylic acids is 5. The van der Waals surface area contributed by atoms with E-state index in [2.05, 4.69) is 36.6 Å². The molecule has 0 unspecified atom stereocenters. The highest BCUT2D eigenvalue weighted by Crippen LogP contribution is 2.20. The fraction of sp³-hybridized carbons (Fsp3) is 0.475. The van der Waals surface area contributed by atoms with Crippen LogP contribution in [0.5, 0.6) is 0 Å². The van der Waals surface area contributed by atoms with Crippen molar-refractivity contribution < 1.29 is 33.9 Å². The summed E-state index contributed by atoms with van der Waals surface area (Å²) in [6.45, 7) is 5.30. The van der Waals surface area contributed by atoms with Crippen LogP contribution in [-0.4, -0.2) is 106 Å². The number of H-pyrrole nitrogens is 1. The number of aromatic nitrogens is 1. The molecule has 0 spiro atoms. The minimum absolute atomic E-state index is 0.0240. The number of hydrogen-bond donors (Lipinski definition) is 10. The average molecular weight is 823 g/mol. The number of amides is 5. The average Bonchev–Trinajstić information content (AvgIpc) is 3.59. The van der Waals surface area contributed by atoms with E-state index in [0.29, 0.717) is 17.7 Å². The van der Waals surface area contributed by atoms with Gasteiger partial charge in [-0.2, -0.15) is 11.8 Å². The van der Waals surface area contributed by atoms with Crippen LogP contribution in [0.3, 0.4) is 0 Å². The highest BCUT2D eigenvalue weighted by atomic mass is 32.2. The number of aliphatic imine (C=N–C) groups is 1. The molecule has 6 atom stereocenters. The second-order valence-electron chi connectivity index (χ2n) is 14.5. The Morgan fingerprint density at radius 1 is 0.741 bits per heavy atom. The Morgan fingerprint density at radius 3 is 1.91 bits per heavy atom. The summed E-state index contributed by atoms with van der Waals surface area (Å²) in [4.78, 5) is 87.5. The number of nitrogens with one attached hydrogen (secondary N) is 6. The third-order valence-electron chi connectivity index (χ3n) is 9.26. The normalized spacial score (nSPS) is 14.2. The fourth-order valence-electron chi connectivity index (χ4n) is 6.15. The summed E-state index contributed by atoms with van der Waals surface area (Å²) in [5.41, 5.74) is 19.5. The van der Waals surface area contributed by atoms with Gasteiger partial charge in [-0.1, -0.05) is 62.4 Å². The maximum atomic E-state index is 14.1. The number of nitrogens with zero attached hydrogens (tertiary/aromatic N) is 1. The van der Waals surface area contributed by atoms with E-state index in [1.54, 1.807) is 36.5 Å². The second kappa shape index (κ2) is 23.6. The van der Waals surface area contributed by atoms with Crippen molar-refractivity contribution in [3.8, 4) is 0 Å². The van der Waals surface area contributed by atoms with Gasteiger partial charge in [0, 0.05) is 36.5 Å². The first-order valence-corrected chi connectivity index (χ1v) is 20.6. The molecule has 1 heterocycles. The molecule has 3 aromatic rings. The van der Waals surface area contributed by atoms with Gasteiger partial charge in [-0.25, -0.2) is 0 Å². The number of hydrogen-bond acceptors (Lipinski definition) is 9. The highest BCUT2D eigenvalue weighted by molar-refractivity contribution is 7.98. The van der Waals surface area contributed by atoms with E-state index in [0.717, 1.165) is 16.5 Å². The van der Waals surface area contributed by atoms with Crippen molar-refractivity contribution in [2.45, 2.75) is 95.5 Å². The number of nitrogens with two attached hydrogens (primary N) is 3. The van der Waals surface area contributed by atoms with Crippen LogP contribution in [0.2, 0.25) is 0 Å². The largest absolute Gasteiger partial charge is 0.480 e. The minimum Gasteiger partial charge on any atom is -0.480 e. The number of carboxylic acids is 1. The number of fused-ring (bicyclic) bond motifs is 1. The summed E-state index contributed by atoms with van der Waals surface area (Å²) in [6.07, 6.45) is 4.58. The number of thioether (sulfide) groups is 1. The molecule has 316 valence electrons. The Hall–Kier alpha value is -5.62. The maximum Gasteiger partial charge on any atom is 0.325 e. The number of para-hydroxylation sites is 1. The molecule has 17 nitrogen and oxygen atoms in total. The van der Waals surface area contributed by atoms with Gasteiger partial charge in [0.15, 0.2) is 5.96 Å². The van der Waals surface area contributed by atoms with E-state index in [1.807, 2.05) is 44.4 Å². The first-order valence-electron chi connectivity index (χ1n) is 19.2. The Morgan fingerprint density at radius 2 is 1.29 bits per heavy atom. The first-order chi connectivity index (χ1) is 27.6. The van der Waals surface area contributed by atoms with Gasteiger partial charge in [-0.05, 0) is 67.7 Å². The van der Waals surface area contributed by atoms with Gasteiger partial charge >= 0.3 is 5.97 Å². The van der Waals surface area contributed by atoms with E-state index < -0.39 is 71.8 Å². The van der Waals surface area contributed by atoms with Crippen molar-refractivity contribution in [3.63, 3.8) is 0 Å². The summed E-state index contributed by atoms with van der Waals surface area (Å²) in [7, 11) is 0. The Bertz CT molecular complexity index is 1870. The number of aromatic amines is 1. The lowest BCUT2D eigenvalue weighted by atomic mass is 10.0. The number of carboxylic acid groups (broad SMARTS) is 1. The standard InChI is InChI=1S/C40H58N10O7S/c1-23(2)19-28(41)34(51)49-33(21-26-22-45-29-14-9-8-13-27(26)29)38(55)48-31(16-18-58-4)36(53)47-30(15-10-17-44-40(42)43)35(52)50-32(20-25-11-6-5-7-12-25)37(54)46-24(3)39(56)57/h5-9,11-14,22-24,28,30-33,45H,10,15-21,41H2,1-4H3,(H,46,54)(H,47,53)(H,48,55)(H,49,51)(H,50,52)(H,56,57)(H4,42,43,44)/t24-,28-,30-,31-,32-,33-/m0/s1. The van der Waals surface area contributed by atoms with E-state index in [4.69, 9.17) is 17.2 Å². The van der Waals surface area contributed by atoms with Gasteiger partial charge in [-0.15, -0.1) is 0 Å². The molecule has 5 amide bonds. The van der Waals surface area contributed by atoms with Crippen LogP contribution in [0, 0.1) is 5.92 Å². The number of aliphatic carboxylic acids is 1. The van der Waals surface area contributed by atoms with E-state index >= 15 is 0 Å². The lowest BCUT2D eigenvalue weighted by Gasteiger charge is -2.27. The zero-order chi connectivity index (χ0) is 42.8. The lowest BCUT2D eigenvalue weighted by molar-refractivity contribution is -0.141. The molecule has 58 heavy (non-hydrogen) atoms. The molecule has 2 aromatic carbocycles. The molecule has 0 fully saturated rings. The summed E-state index contributed by atoms with van der Waals surface area (Å²) in [6, 6.07) is 9.56. The Kier molecular flexibility index (Phi) is 19.0. The maximum absolute atomic E-state index is 14.1. The molecule has 0 aliphatic heterocycles. The molecule has 0 aliphatic carbocycles. The molecule has 13 N–H and O–H groups in total. The number of rotatable bonds is 24. The molecular weight excluding hydrogens is 765 g/mol. The predicted octanol–water partition coefficient (Wildman–Crippen LogP) is 0.662. The van der Waals surface area contributed by atoms with Crippen LogP contribution in [0.4, 0.5) is 0 Å². The van der Waals surface area contributed by atoms with Gasteiger partial charge in [0.05, 0.1) is 6.04 Å². The highest BCUT2D eigenvalue weighted by Gasteiger charge is 2.33. The van der Waals surface area contributed by atoms with Crippen LogP contribution in [0.25, 0.3) is 10.9 Å². The number of benzene rings is 2. The smallest absolute Gasteiger partial charge is 0.325 e. The van der Waals surface area contributed by atoms with Gasteiger partial charge in [-0.3, -0.25) is 33.8 Å². The summed E-state index contributed by atoms with van der Waals surface area (Å²) < 4.78 is 0. The molecule has 0 radical (unpaired) electrons. The zero-order valence-corrected chi connectivity index (χ0v) is 34.3. The van der Waals surface area contributed by atoms with E-state index in [1.165, 1.54) is 18.7 Å². The van der Waals surface area contributed by atoms with Crippen molar-refractivity contribution in [2.24, 2.45) is 28.1 Å². The Balaban J connectivity index is 1.90. The molecule has 3 rings (SSSR count). The minimum atomic E-state index is -1.26. The van der Waals surface area contributed by atoms with Crippen LogP contribution < -0.4 is 43.8 Å². The summed E-state index contributed by atoms with van der Waals surface area (Å²) in [5.74, 6) is -4.11. The van der Waals surface area contributed by atoms with Crippen LogP contribution in [0.15, 0.2) is 65.8 Å². The summed E-state index contributed by atoms with van der Waals surface area (Å²) >= 11 is 1.45. The van der Waals surface area contributed by atoms with Crippen molar-refractivity contribution in [1.29, 1.82) is 0 Å².